The third-order valence-corrected chi connectivity index (χ3v) is 4.84. The average Bonchev–Trinajstić information content (AvgIpc) is 2.82. The lowest BCUT2D eigenvalue weighted by Crippen LogP contribution is -2.42. The third kappa shape index (κ3) is 2.51. The lowest BCUT2D eigenvalue weighted by atomic mass is 9.98. The Morgan fingerprint density at radius 3 is 2.39 bits per heavy atom. The molecule has 1 N–H and O–H groups in total. The summed E-state index contributed by atoms with van der Waals surface area (Å²) in [5.74, 6) is -1.41. The van der Waals surface area contributed by atoms with Gasteiger partial charge in [0.15, 0.2) is 5.03 Å². The molecule has 1 saturated heterocycles. The minimum absolute atomic E-state index is 0.0899. The molecule has 0 aromatic carbocycles. The molecular formula is C9H12F3N3O2S. The van der Waals surface area contributed by atoms with E-state index >= 15 is 0 Å². The van der Waals surface area contributed by atoms with Gasteiger partial charge in [0.05, 0.1) is 12.1 Å². The predicted octanol–water partition coefficient (Wildman–Crippen LogP) is 1.37. The van der Waals surface area contributed by atoms with Gasteiger partial charge in [-0.15, -0.1) is 0 Å². The number of aromatic amines is 1. The Morgan fingerprint density at radius 2 is 1.94 bits per heavy atom. The van der Waals surface area contributed by atoms with E-state index in [0.29, 0.717) is 0 Å². The molecule has 1 aliphatic heterocycles. The Balaban J connectivity index is 2.07. The second kappa shape index (κ2) is 4.54. The maximum absolute atomic E-state index is 12.5. The maximum Gasteiger partial charge on any atom is 0.391 e. The first-order valence-corrected chi connectivity index (χ1v) is 6.82. The minimum atomic E-state index is -4.25. The van der Waals surface area contributed by atoms with Crippen molar-refractivity contribution in [2.24, 2.45) is 5.92 Å². The number of piperidine rings is 1. The molecule has 0 saturated carbocycles. The van der Waals surface area contributed by atoms with Gasteiger partial charge in [-0.2, -0.15) is 22.6 Å². The van der Waals surface area contributed by atoms with Crippen LogP contribution in [0.25, 0.3) is 0 Å². The van der Waals surface area contributed by atoms with Crippen LogP contribution in [0.5, 0.6) is 0 Å². The highest BCUT2D eigenvalue weighted by Gasteiger charge is 2.43. The summed E-state index contributed by atoms with van der Waals surface area (Å²) in [5, 5.41) is 5.75. The highest BCUT2D eigenvalue weighted by Crippen LogP contribution is 2.35. The van der Waals surface area contributed by atoms with Crippen LogP contribution < -0.4 is 0 Å². The van der Waals surface area contributed by atoms with E-state index in [1.54, 1.807) is 0 Å². The lowest BCUT2D eigenvalue weighted by molar-refractivity contribution is -0.182. The molecule has 0 amide bonds. The standard InChI is InChI=1S/C9H12F3N3O2S/c10-9(11,12)7-2-5-15(6-3-7)18(16,17)8-1-4-13-14-8/h1,4,7H,2-3,5-6H2,(H,13,14). The van der Waals surface area contributed by atoms with Crippen LogP contribution in [-0.4, -0.2) is 42.2 Å². The molecule has 0 aliphatic carbocycles. The minimum Gasteiger partial charge on any atom is -0.266 e. The van der Waals surface area contributed by atoms with E-state index in [0.717, 1.165) is 4.31 Å². The molecule has 1 fully saturated rings. The largest absolute Gasteiger partial charge is 0.391 e. The van der Waals surface area contributed by atoms with Gasteiger partial charge < -0.3 is 0 Å². The van der Waals surface area contributed by atoms with Crippen molar-refractivity contribution in [1.29, 1.82) is 0 Å². The number of nitrogens with one attached hydrogen (secondary N) is 1. The van der Waals surface area contributed by atoms with Gasteiger partial charge in [0.25, 0.3) is 10.0 Å². The number of halogens is 3. The van der Waals surface area contributed by atoms with Gasteiger partial charge in [-0.1, -0.05) is 0 Å². The summed E-state index contributed by atoms with van der Waals surface area (Å²) in [5.41, 5.74) is 0. The molecule has 1 aromatic heterocycles. The first-order valence-electron chi connectivity index (χ1n) is 5.38. The zero-order valence-corrected chi connectivity index (χ0v) is 10.1. The predicted molar refractivity (Wildman–Crippen MR) is 56.1 cm³/mol. The van der Waals surface area contributed by atoms with Gasteiger partial charge in [-0.3, -0.25) is 5.10 Å². The molecular weight excluding hydrogens is 271 g/mol. The number of aromatic nitrogens is 2. The number of hydrogen-bond donors (Lipinski definition) is 1. The number of nitrogens with zero attached hydrogens (tertiary/aromatic N) is 2. The molecule has 5 nitrogen and oxygen atoms in total. The van der Waals surface area contributed by atoms with E-state index in [1.807, 2.05) is 0 Å². The summed E-state index contributed by atoms with van der Waals surface area (Å²) in [7, 11) is -3.74. The molecule has 0 spiro atoms. The molecule has 0 atom stereocenters. The van der Waals surface area contributed by atoms with Gasteiger partial charge in [0.1, 0.15) is 0 Å². The average molecular weight is 283 g/mol. The maximum atomic E-state index is 12.5. The molecule has 2 rings (SSSR count). The Labute approximate surface area is 102 Å². The number of sulfonamides is 1. The van der Waals surface area contributed by atoms with Crippen molar-refractivity contribution in [3.63, 3.8) is 0 Å². The zero-order chi connectivity index (χ0) is 13.4. The number of rotatable bonds is 2. The lowest BCUT2D eigenvalue weighted by Gasteiger charge is -2.31. The zero-order valence-electron chi connectivity index (χ0n) is 9.31. The Bertz CT molecular complexity index is 490. The van der Waals surface area contributed by atoms with Crippen LogP contribution in [-0.2, 0) is 10.0 Å². The molecule has 1 aliphatic rings. The fourth-order valence-corrected chi connectivity index (χ4v) is 3.32. The van der Waals surface area contributed by atoms with Crippen LogP contribution in [0.4, 0.5) is 13.2 Å². The SMILES string of the molecule is O=S(=O)(c1ccn[nH]1)N1CCC(C(F)(F)F)CC1. The van der Waals surface area contributed by atoms with E-state index in [1.165, 1.54) is 12.3 Å². The van der Waals surface area contributed by atoms with Crippen LogP contribution >= 0.6 is 0 Å². The second-order valence-corrected chi connectivity index (χ2v) is 6.05. The van der Waals surface area contributed by atoms with E-state index in [4.69, 9.17) is 0 Å². The molecule has 1 aromatic rings. The van der Waals surface area contributed by atoms with Crippen LogP contribution in [0.15, 0.2) is 17.3 Å². The highest BCUT2D eigenvalue weighted by atomic mass is 32.2. The van der Waals surface area contributed by atoms with Crippen molar-refractivity contribution in [1.82, 2.24) is 14.5 Å². The summed E-state index contributed by atoms with van der Waals surface area (Å²) in [6.07, 6.45) is -3.35. The topological polar surface area (TPSA) is 66.1 Å². The van der Waals surface area contributed by atoms with Gasteiger partial charge in [0.2, 0.25) is 0 Å². The molecule has 102 valence electrons. The van der Waals surface area contributed by atoms with Crippen molar-refractivity contribution >= 4 is 10.0 Å². The van der Waals surface area contributed by atoms with Crippen LogP contribution in [0.3, 0.4) is 0 Å². The van der Waals surface area contributed by atoms with E-state index in [9.17, 15) is 21.6 Å². The fraction of sp³-hybridized carbons (Fsp3) is 0.667. The summed E-state index contributed by atoms with van der Waals surface area (Å²) in [6, 6.07) is 1.28. The smallest absolute Gasteiger partial charge is 0.266 e. The summed E-state index contributed by atoms with van der Waals surface area (Å²) in [6.45, 7) is -0.239. The molecule has 0 unspecified atom stereocenters. The first-order chi connectivity index (χ1) is 8.32. The van der Waals surface area contributed by atoms with E-state index < -0.39 is 22.1 Å². The summed E-state index contributed by atoms with van der Waals surface area (Å²) >= 11 is 0. The van der Waals surface area contributed by atoms with E-state index in [-0.39, 0.29) is 31.0 Å². The van der Waals surface area contributed by atoms with Crippen LogP contribution in [0, 0.1) is 5.92 Å². The van der Waals surface area contributed by atoms with Crippen LogP contribution in [0.2, 0.25) is 0 Å². The number of hydrogen-bond acceptors (Lipinski definition) is 3. The second-order valence-electron chi connectivity index (χ2n) is 4.14. The summed E-state index contributed by atoms with van der Waals surface area (Å²) in [4.78, 5) is 0. The van der Waals surface area contributed by atoms with Gasteiger partial charge in [-0.25, -0.2) is 8.42 Å². The Kier molecular flexibility index (Phi) is 3.37. The first kappa shape index (κ1) is 13.3. The molecule has 0 bridgehead atoms. The van der Waals surface area contributed by atoms with Crippen molar-refractivity contribution < 1.29 is 21.6 Å². The quantitative estimate of drug-likeness (QED) is 0.891. The Hall–Kier alpha value is -1.09. The number of alkyl halides is 3. The van der Waals surface area contributed by atoms with E-state index in [2.05, 4.69) is 10.2 Å². The molecule has 0 radical (unpaired) electrons. The van der Waals surface area contributed by atoms with Crippen molar-refractivity contribution in [3.05, 3.63) is 12.3 Å². The monoisotopic (exact) mass is 283 g/mol. The van der Waals surface area contributed by atoms with Crippen molar-refractivity contribution in [3.8, 4) is 0 Å². The summed E-state index contributed by atoms with van der Waals surface area (Å²) < 4.78 is 62.4. The molecule has 2 heterocycles. The van der Waals surface area contributed by atoms with Gasteiger partial charge >= 0.3 is 6.18 Å². The van der Waals surface area contributed by atoms with Crippen molar-refractivity contribution in [2.45, 2.75) is 24.0 Å². The molecule has 9 heteroatoms. The van der Waals surface area contributed by atoms with Crippen LogP contribution in [0.1, 0.15) is 12.8 Å². The number of H-pyrrole nitrogens is 1. The third-order valence-electron chi connectivity index (χ3n) is 3.01. The Morgan fingerprint density at radius 1 is 1.33 bits per heavy atom. The van der Waals surface area contributed by atoms with Gasteiger partial charge in [-0.05, 0) is 18.9 Å². The normalized spacial score (nSPS) is 20.2. The highest BCUT2D eigenvalue weighted by molar-refractivity contribution is 7.89. The fourth-order valence-electron chi connectivity index (χ4n) is 1.95. The van der Waals surface area contributed by atoms with Crippen molar-refractivity contribution in [2.75, 3.05) is 13.1 Å². The van der Waals surface area contributed by atoms with Gasteiger partial charge in [0, 0.05) is 13.1 Å². The molecule has 18 heavy (non-hydrogen) atoms.